The first kappa shape index (κ1) is 12.5. The molecule has 15 heavy (non-hydrogen) atoms. The molecule has 84 valence electrons. The van der Waals surface area contributed by atoms with E-state index in [0.717, 1.165) is 4.90 Å². The van der Waals surface area contributed by atoms with Gasteiger partial charge in [-0.05, 0) is 29.7 Å². The van der Waals surface area contributed by atoms with Crippen LogP contribution in [0.15, 0.2) is 23.1 Å². The lowest BCUT2D eigenvalue weighted by Gasteiger charge is -2.16. The largest absolute Gasteiger partial charge is 0.392 e. The van der Waals surface area contributed by atoms with Crippen molar-refractivity contribution >= 4 is 11.8 Å². The van der Waals surface area contributed by atoms with E-state index in [9.17, 15) is 4.39 Å². The molecule has 1 aromatic rings. The SMILES string of the molecule is CC(C)C(C)Sc1ccc(F)cc1CO. The maximum Gasteiger partial charge on any atom is 0.123 e. The molecule has 1 N–H and O–H groups in total. The minimum absolute atomic E-state index is 0.106. The minimum Gasteiger partial charge on any atom is -0.392 e. The Kier molecular flexibility index (Phi) is 4.61. The average Bonchev–Trinajstić information content (AvgIpc) is 2.20. The molecule has 0 saturated carbocycles. The molecule has 0 saturated heterocycles. The summed E-state index contributed by atoms with van der Waals surface area (Å²) in [6, 6.07) is 4.58. The van der Waals surface area contributed by atoms with Crippen LogP contribution in [0.2, 0.25) is 0 Å². The first-order valence-electron chi connectivity index (χ1n) is 5.10. The Hall–Kier alpha value is -0.540. The topological polar surface area (TPSA) is 20.2 Å². The summed E-state index contributed by atoms with van der Waals surface area (Å²) in [5, 5.41) is 9.57. The lowest BCUT2D eigenvalue weighted by atomic mass is 10.2. The monoisotopic (exact) mass is 228 g/mol. The molecule has 0 aliphatic heterocycles. The number of halogens is 1. The van der Waals surface area contributed by atoms with Gasteiger partial charge in [0.25, 0.3) is 0 Å². The first-order chi connectivity index (χ1) is 7.04. The van der Waals surface area contributed by atoms with Gasteiger partial charge in [0, 0.05) is 10.1 Å². The van der Waals surface area contributed by atoms with Crippen molar-refractivity contribution in [2.75, 3.05) is 0 Å². The number of benzene rings is 1. The summed E-state index contributed by atoms with van der Waals surface area (Å²) in [6.45, 7) is 6.34. The van der Waals surface area contributed by atoms with Crippen molar-refractivity contribution in [1.29, 1.82) is 0 Å². The van der Waals surface area contributed by atoms with Crippen molar-refractivity contribution in [3.63, 3.8) is 0 Å². The van der Waals surface area contributed by atoms with E-state index in [1.807, 2.05) is 0 Å². The summed E-state index contributed by atoms with van der Waals surface area (Å²) in [7, 11) is 0. The minimum atomic E-state index is -0.291. The molecule has 0 heterocycles. The van der Waals surface area contributed by atoms with Gasteiger partial charge in [-0.3, -0.25) is 0 Å². The van der Waals surface area contributed by atoms with Gasteiger partial charge >= 0.3 is 0 Å². The molecule has 0 spiro atoms. The van der Waals surface area contributed by atoms with Crippen molar-refractivity contribution in [3.8, 4) is 0 Å². The van der Waals surface area contributed by atoms with E-state index in [2.05, 4.69) is 20.8 Å². The molecule has 0 radical (unpaired) electrons. The van der Waals surface area contributed by atoms with Crippen molar-refractivity contribution in [3.05, 3.63) is 29.6 Å². The number of thioether (sulfide) groups is 1. The fourth-order valence-electron chi connectivity index (χ4n) is 1.12. The molecule has 0 bridgehead atoms. The predicted molar refractivity (Wildman–Crippen MR) is 62.5 cm³/mol. The summed E-state index contributed by atoms with van der Waals surface area (Å²) in [5.41, 5.74) is 0.674. The molecule has 0 aliphatic carbocycles. The summed E-state index contributed by atoms with van der Waals surface area (Å²) in [5.74, 6) is 0.271. The lowest BCUT2D eigenvalue weighted by Crippen LogP contribution is -2.06. The van der Waals surface area contributed by atoms with Crippen LogP contribution in [-0.2, 0) is 6.61 Å². The molecule has 1 unspecified atom stereocenters. The second kappa shape index (κ2) is 5.52. The van der Waals surface area contributed by atoms with Gasteiger partial charge in [-0.25, -0.2) is 4.39 Å². The van der Waals surface area contributed by atoms with Gasteiger partial charge in [-0.2, -0.15) is 0 Å². The lowest BCUT2D eigenvalue weighted by molar-refractivity contribution is 0.278. The standard InChI is InChI=1S/C12H17FOS/c1-8(2)9(3)15-12-5-4-11(13)6-10(12)7-14/h4-6,8-9,14H,7H2,1-3H3. The molecule has 1 rings (SSSR count). The Morgan fingerprint density at radius 2 is 2.00 bits per heavy atom. The van der Waals surface area contributed by atoms with Crippen LogP contribution in [0.3, 0.4) is 0 Å². The van der Waals surface area contributed by atoms with Crippen LogP contribution >= 0.6 is 11.8 Å². The first-order valence-corrected chi connectivity index (χ1v) is 5.98. The van der Waals surface area contributed by atoms with E-state index in [4.69, 9.17) is 5.11 Å². The molecular formula is C12H17FOS. The molecule has 1 aromatic carbocycles. The number of aliphatic hydroxyl groups excluding tert-OH is 1. The van der Waals surface area contributed by atoms with Crippen molar-refractivity contribution in [2.45, 2.75) is 37.5 Å². The molecule has 1 atom stereocenters. The molecule has 1 nitrogen and oxygen atoms in total. The molecule has 3 heteroatoms. The average molecular weight is 228 g/mol. The second-order valence-electron chi connectivity index (χ2n) is 3.98. The summed E-state index contributed by atoms with van der Waals surface area (Å²) < 4.78 is 12.9. The van der Waals surface area contributed by atoms with Crippen LogP contribution in [0.4, 0.5) is 4.39 Å². The second-order valence-corrected chi connectivity index (χ2v) is 5.40. The van der Waals surface area contributed by atoms with Crippen LogP contribution < -0.4 is 0 Å². The van der Waals surface area contributed by atoms with Gasteiger partial charge in [0.15, 0.2) is 0 Å². The number of aliphatic hydroxyl groups is 1. The predicted octanol–water partition coefficient (Wildman–Crippen LogP) is 3.45. The van der Waals surface area contributed by atoms with Crippen LogP contribution in [0, 0.1) is 11.7 Å². The Labute approximate surface area is 94.7 Å². The third kappa shape index (κ3) is 3.50. The van der Waals surface area contributed by atoms with Crippen molar-refractivity contribution in [1.82, 2.24) is 0 Å². The third-order valence-corrected chi connectivity index (χ3v) is 4.01. The van der Waals surface area contributed by atoms with E-state index in [0.29, 0.717) is 16.7 Å². The number of rotatable bonds is 4. The Morgan fingerprint density at radius 1 is 1.33 bits per heavy atom. The zero-order valence-corrected chi connectivity index (χ0v) is 10.1. The fraction of sp³-hybridized carbons (Fsp3) is 0.500. The van der Waals surface area contributed by atoms with Crippen LogP contribution in [0.1, 0.15) is 26.3 Å². The third-order valence-electron chi connectivity index (χ3n) is 2.44. The van der Waals surface area contributed by atoms with E-state index < -0.39 is 0 Å². The van der Waals surface area contributed by atoms with Gasteiger partial charge in [-0.15, -0.1) is 11.8 Å². The summed E-state index contributed by atoms with van der Waals surface area (Å²) in [4.78, 5) is 0.972. The van der Waals surface area contributed by atoms with Crippen molar-refractivity contribution < 1.29 is 9.50 Å². The molecule has 0 aromatic heterocycles. The zero-order chi connectivity index (χ0) is 11.4. The fourth-order valence-corrected chi connectivity index (χ4v) is 2.22. The summed E-state index contributed by atoms with van der Waals surface area (Å²) >= 11 is 1.68. The quantitative estimate of drug-likeness (QED) is 0.796. The highest BCUT2D eigenvalue weighted by Gasteiger charge is 2.11. The smallest absolute Gasteiger partial charge is 0.123 e. The highest BCUT2D eigenvalue weighted by Crippen LogP contribution is 2.30. The van der Waals surface area contributed by atoms with Gasteiger partial charge < -0.3 is 5.11 Å². The highest BCUT2D eigenvalue weighted by atomic mass is 32.2. The van der Waals surface area contributed by atoms with Gasteiger partial charge in [0.1, 0.15) is 5.82 Å². The van der Waals surface area contributed by atoms with Crippen LogP contribution in [0.25, 0.3) is 0 Å². The maximum atomic E-state index is 12.9. The summed E-state index contributed by atoms with van der Waals surface area (Å²) in [6.07, 6.45) is 0. The van der Waals surface area contributed by atoms with Gasteiger partial charge in [0.2, 0.25) is 0 Å². The normalized spacial score (nSPS) is 13.2. The molecular weight excluding hydrogens is 211 g/mol. The van der Waals surface area contributed by atoms with Gasteiger partial charge in [-0.1, -0.05) is 20.8 Å². The van der Waals surface area contributed by atoms with Crippen LogP contribution in [0.5, 0.6) is 0 Å². The van der Waals surface area contributed by atoms with Crippen LogP contribution in [-0.4, -0.2) is 10.4 Å². The van der Waals surface area contributed by atoms with Crippen molar-refractivity contribution in [2.24, 2.45) is 5.92 Å². The molecule has 0 aliphatic rings. The van der Waals surface area contributed by atoms with E-state index in [1.54, 1.807) is 17.8 Å². The molecule has 0 amide bonds. The van der Waals surface area contributed by atoms with E-state index in [-0.39, 0.29) is 12.4 Å². The zero-order valence-electron chi connectivity index (χ0n) is 9.33. The number of hydrogen-bond acceptors (Lipinski definition) is 2. The highest BCUT2D eigenvalue weighted by molar-refractivity contribution is 8.00. The Balaban J connectivity index is 2.84. The molecule has 0 fully saturated rings. The Morgan fingerprint density at radius 3 is 2.53 bits per heavy atom. The maximum absolute atomic E-state index is 12.9. The number of hydrogen-bond donors (Lipinski definition) is 1. The van der Waals surface area contributed by atoms with Gasteiger partial charge in [0.05, 0.1) is 6.61 Å². The van der Waals surface area contributed by atoms with E-state index in [1.165, 1.54) is 12.1 Å². The Bertz CT molecular complexity index is 325. The van der Waals surface area contributed by atoms with E-state index >= 15 is 0 Å².